The van der Waals surface area contributed by atoms with Crippen LogP contribution in [-0.2, 0) is 0 Å². The molecule has 26 heavy (non-hydrogen) atoms. The average molecular weight is 387 g/mol. The SMILES string of the molecule is CCOc1cccc2cc(C(=O)Nc3nc4c(C)c(Cl)ccc4s3)oc12. The van der Waals surface area contributed by atoms with Gasteiger partial charge in [0.1, 0.15) is 0 Å². The Morgan fingerprint density at radius 3 is 3.00 bits per heavy atom. The van der Waals surface area contributed by atoms with Crippen molar-refractivity contribution in [3.63, 3.8) is 0 Å². The third kappa shape index (κ3) is 2.91. The Hall–Kier alpha value is -2.57. The second-order valence-corrected chi connectivity index (χ2v) is 7.15. The van der Waals surface area contributed by atoms with Crippen molar-refractivity contribution in [3.8, 4) is 5.75 Å². The molecule has 5 nitrogen and oxygen atoms in total. The van der Waals surface area contributed by atoms with E-state index in [0.717, 1.165) is 21.2 Å². The third-order valence-corrected chi connectivity index (χ3v) is 5.35. The van der Waals surface area contributed by atoms with Crippen LogP contribution in [0, 0.1) is 6.92 Å². The molecule has 7 heteroatoms. The number of hydrogen-bond donors (Lipinski definition) is 1. The first kappa shape index (κ1) is 16.9. The number of ether oxygens (including phenoxy) is 1. The zero-order valence-electron chi connectivity index (χ0n) is 14.1. The molecule has 0 fully saturated rings. The van der Waals surface area contributed by atoms with Crippen LogP contribution in [0.4, 0.5) is 5.13 Å². The van der Waals surface area contributed by atoms with E-state index in [-0.39, 0.29) is 11.7 Å². The van der Waals surface area contributed by atoms with E-state index in [9.17, 15) is 4.79 Å². The highest BCUT2D eigenvalue weighted by Gasteiger charge is 2.17. The number of halogens is 1. The highest BCUT2D eigenvalue weighted by atomic mass is 35.5. The summed E-state index contributed by atoms with van der Waals surface area (Å²) in [6, 6.07) is 11.0. The molecule has 132 valence electrons. The Balaban J connectivity index is 1.65. The van der Waals surface area contributed by atoms with E-state index in [1.807, 2.05) is 44.2 Å². The number of rotatable bonds is 4. The lowest BCUT2D eigenvalue weighted by Crippen LogP contribution is -2.10. The van der Waals surface area contributed by atoms with Crippen molar-refractivity contribution < 1.29 is 13.9 Å². The minimum atomic E-state index is -0.355. The predicted molar refractivity (Wildman–Crippen MR) is 105 cm³/mol. The first-order chi connectivity index (χ1) is 12.6. The molecule has 4 rings (SSSR count). The van der Waals surface area contributed by atoms with Gasteiger partial charge in [0, 0.05) is 10.4 Å². The number of anilines is 1. The van der Waals surface area contributed by atoms with Gasteiger partial charge in [-0.3, -0.25) is 10.1 Å². The number of aryl methyl sites for hydroxylation is 1. The molecule has 2 aromatic heterocycles. The van der Waals surface area contributed by atoms with Crippen LogP contribution in [0.15, 0.2) is 40.8 Å². The second-order valence-electron chi connectivity index (χ2n) is 5.71. The summed E-state index contributed by atoms with van der Waals surface area (Å²) in [6.45, 7) is 4.33. The quantitative estimate of drug-likeness (QED) is 0.491. The summed E-state index contributed by atoms with van der Waals surface area (Å²) in [4.78, 5) is 17.1. The molecule has 1 N–H and O–H groups in total. The summed E-state index contributed by atoms with van der Waals surface area (Å²) in [6.07, 6.45) is 0. The average Bonchev–Trinajstić information content (AvgIpc) is 3.23. The zero-order chi connectivity index (χ0) is 18.3. The summed E-state index contributed by atoms with van der Waals surface area (Å²) in [5.41, 5.74) is 2.25. The highest BCUT2D eigenvalue weighted by molar-refractivity contribution is 7.22. The lowest BCUT2D eigenvalue weighted by atomic mass is 10.2. The largest absolute Gasteiger partial charge is 0.490 e. The van der Waals surface area contributed by atoms with E-state index in [1.165, 1.54) is 11.3 Å². The Bertz CT molecular complexity index is 1130. The van der Waals surface area contributed by atoms with Gasteiger partial charge < -0.3 is 9.15 Å². The molecule has 2 heterocycles. The number of fused-ring (bicyclic) bond motifs is 2. The van der Waals surface area contributed by atoms with Crippen molar-refractivity contribution in [2.45, 2.75) is 13.8 Å². The molecule has 0 aliphatic heterocycles. The van der Waals surface area contributed by atoms with Crippen molar-refractivity contribution in [3.05, 3.63) is 52.7 Å². The molecule has 0 saturated carbocycles. The van der Waals surface area contributed by atoms with Crippen LogP contribution in [0.1, 0.15) is 23.0 Å². The molecule has 0 aliphatic carbocycles. The molecule has 0 spiro atoms. The van der Waals surface area contributed by atoms with Gasteiger partial charge in [0.05, 0.1) is 16.8 Å². The van der Waals surface area contributed by atoms with Gasteiger partial charge >= 0.3 is 0 Å². The van der Waals surface area contributed by atoms with Gasteiger partial charge in [0.2, 0.25) is 0 Å². The topological polar surface area (TPSA) is 64.4 Å². The van der Waals surface area contributed by atoms with Gasteiger partial charge in [0.25, 0.3) is 5.91 Å². The molecule has 4 aromatic rings. The van der Waals surface area contributed by atoms with Crippen LogP contribution >= 0.6 is 22.9 Å². The summed E-state index contributed by atoms with van der Waals surface area (Å²) in [5, 5.41) is 4.77. The number of thiazole rings is 1. The maximum atomic E-state index is 12.6. The summed E-state index contributed by atoms with van der Waals surface area (Å²) in [5.74, 6) is 0.474. The molecule has 0 radical (unpaired) electrons. The predicted octanol–water partition coefficient (Wildman–Crippen LogP) is 5.66. The van der Waals surface area contributed by atoms with Gasteiger partial charge in [-0.2, -0.15) is 0 Å². The molecule has 0 bridgehead atoms. The van der Waals surface area contributed by atoms with Crippen LogP contribution in [-0.4, -0.2) is 17.5 Å². The number of hydrogen-bond acceptors (Lipinski definition) is 5. The Morgan fingerprint density at radius 1 is 1.35 bits per heavy atom. The van der Waals surface area contributed by atoms with E-state index in [2.05, 4.69) is 10.3 Å². The minimum absolute atomic E-state index is 0.209. The van der Waals surface area contributed by atoms with Gasteiger partial charge in [-0.25, -0.2) is 4.98 Å². The lowest BCUT2D eigenvalue weighted by Gasteiger charge is -2.02. The lowest BCUT2D eigenvalue weighted by molar-refractivity contribution is 0.0998. The first-order valence-electron chi connectivity index (χ1n) is 8.09. The minimum Gasteiger partial charge on any atom is -0.490 e. The number of nitrogens with one attached hydrogen (secondary N) is 1. The Labute approximate surface area is 158 Å². The van der Waals surface area contributed by atoms with Crippen molar-refractivity contribution in [1.82, 2.24) is 4.98 Å². The van der Waals surface area contributed by atoms with E-state index >= 15 is 0 Å². The van der Waals surface area contributed by atoms with Crippen LogP contribution in [0.3, 0.4) is 0 Å². The van der Waals surface area contributed by atoms with Crippen molar-refractivity contribution >= 4 is 55.2 Å². The number of nitrogens with zero attached hydrogens (tertiary/aromatic N) is 1. The monoisotopic (exact) mass is 386 g/mol. The van der Waals surface area contributed by atoms with Gasteiger partial charge in [-0.05, 0) is 43.7 Å². The number of carbonyl (C=O) groups is 1. The molecule has 0 atom stereocenters. The first-order valence-corrected chi connectivity index (χ1v) is 9.28. The molecule has 2 aromatic carbocycles. The van der Waals surface area contributed by atoms with E-state index < -0.39 is 0 Å². The molecular formula is C19H15ClN2O3S. The number of furan rings is 1. The highest BCUT2D eigenvalue weighted by Crippen LogP contribution is 2.33. The Kier molecular flexibility index (Phi) is 4.30. The Morgan fingerprint density at radius 2 is 2.19 bits per heavy atom. The molecule has 0 unspecified atom stereocenters. The van der Waals surface area contributed by atoms with Crippen molar-refractivity contribution in [2.75, 3.05) is 11.9 Å². The summed E-state index contributed by atoms with van der Waals surface area (Å²) in [7, 11) is 0. The molecular weight excluding hydrogens is 372 g/mol. The van der Waals surface area contributed by atoms with Crippen molar-refractivity contribution in [2.24, 2.45) is 0 Å². The fraction of sp³-hybridized carbons (Fsp3) is 0.158. The molecule has 0 saturated heterocycles. The van der Waals surface area contributed by atoms with Crippen molar-refractivity contribution in [1.29, 1.82) is 0 Å². The van der Waals surface area contributed by atoms with E-state index in [0.29, 0.717) is 28.1 Å². The van der Waals surface area contributed by atoms with Crippen LogP contribution < -0.4 is 10.1 Å². The number of benzene rings is 2. The third-order valence-electron chi connectivity index (χ3n) is 4.00. The van der Waals surface area contributed by atoms with Crippen LogP contribution in [0.5, 0.6) is 5.75 Å². The molecule has 1 amide bonds. The molecule has 0 aliphatic rings. The van der Waals surface area contributed by atoms with E-state index in [1.54, 1.807) is 6.07 Å². The maximum Gasteiger partial charge on any atom is 0.293 e. The van der Waals surface area contributed by atoms with E-state index in [4.69, 9.17) is 20.8 Å². The standard InChI is InChI=1S/C19H15ClN2O3S/c1-3-24-13-6-4-5-11-9-14(25-17(11)13)18(23)22-19-21-16-10(2)12(20)7-8-15(16)26-19/h4-9H,3H2,1-2H3,(H,21,22,23). The van der Waals surface area contributed by atoms with Crippen LogP contribution in [0.25, 0.3) is 21.2 Å². The van der Waals surface area contributed by atoms with Crippen LogP contribution in [0.2, 0.25) is 5.02 Å². The van der Waals surface area contributed by atoms with Gasteiger partial charge in [0.15, 0.2) is 22.2 Å². The maximum absolute atomic E-state index is 12.6. The van der Waals surface area contributed by atoms with Gasteiger partial charge in [-0.15, -0.1) is 0 Å². The number of carbonyl (C=O) groups excluding carboxylic acids is 1. The number of para-hydroxylation sites is 1. The fourth-order valence-corrected chi connectivity index (χ4v) is 3.80. The van der Waals surface area contributed by atoms with Gasteiger partial charge in [-0.1, -0.05) is 35.1 Å². The summed E-state index contributed by atoms with van der Waals surface area (Å²) >= 11 is 7.53. The number of aromatic nitrogens is 1. The fourth-order valence-electron chi connectivity index (χ4n) is 2.73. The zero-order valence-corrected chi connectivity index (χ0v) is 15.7. The number of amides is 1. The summed E-state index contributed by atoms with van der Waals surface area (Å²) < 4.78 is 12.2. The second kappa shape index (κ2) is 6.63. The smallest absolute Gasteiger partial charge is 0.293 e. The normalized spacial score (nSPS) is 11.2.